The van der Waals surface area contributed by atoms with Crippen LogP contribution in [0.5, 0.6) is 11.5 Å². The number of benzene rings is 3. The average molecular weight is 458 g/mol. The number of ketones is 1. The molecule has 1 amide bonds. The standard InChI is InChI=1S/C28H27NO5/c1-16(2)34-22-7-5-6-20(15-22)26(31)24-25(19-10-12-21(30)13-11-19)29(28(33)27(24)32)23-14-17(3)8-9-18(23)4/h5-16,25,30-31H,1-4H3/b26-24+. The van der Waals surface area contributed by atoms with E-state index in [-0.39, 0.29) is 23.2 Å². The minimum absolute atomic E-state index is 0.0155. The maximum absolute atomic E-state index is 13.3. The van der Waals surface area contributed by atoms with Gasteiger partial charge in [0.15, 0.2) is 0 Å². The highest BCUT2D eigenvalue weighted by Crippen LogP contribution is 2.43. The lowest BCUT2D eigenvalue weighted by molar-refractivity contribution is -0.132. The van der Waals surface area contributed by atoms with Crippen molar-refractivity contribution in [2.45, 2.75) is 39.8 Å². The summed E-state index contributed by atoms with van der Waals surface area (Å²) < 4.78 is 5.74. The number of amides is 1. The number of aliphatic hydroxyl groups excluding tert-OH is 1. The number of aryl methyl sites for hydroxylation is 2. The number of hydrogen-bond donors (Lipinski definition) is 2. The van der Waals surface area contributed by atoms with Crippen LogP contribution in [0.4, 0.5) is 5.69 Å². The molecule has 0 aliphatic carbocycles. The summed E-state index contributed by atoms with van der Waals surface area (Å²) in [6, 6.07) is 17.9. The van der Waals surface area contributed by atoms with Gasteiger partial charge in [-0.3, -0.25) is 14.5 Å². The predicted octanol–water partition coefficient (Wildman–Crippen LogP) is 5.42. The Morgan fingerprint density at radius 3 is 2.35 bits per heavy atom. The molecule has 3 aromatic carbocycles. The summed E-state index contributed by atoms with van der Waals surface area (Å²) in [5.41, 5.74) is 3.30. The molecule has 1 saturated heterocycles. The van der Waals surface area contributed by atoms with E-state index in [4.69, 9.17) is 4.74 Å². The van der Waals surface area contributed by atoms with Crippen LogP contribution in [0.3, 0.4) is 0 Å². The van der Waals surface area contributed by atoms with Crippen molar-refractivity contribution in [3.05, 3.63) is 94.6 Å². The molecule has 1 atom stereocenters. The number of hydrogen-bond acceptors (Lipinski definition) is 5. The van der Waals surface area contributed by atoms with Crippen molar-refractivity contribution in [2.75, 3.05) is 4.90 Å². The normalized spacial score (nSPS) is 17.4. The fraction of sp³-hybridized carbons (Fsp3) is 0.214. The van der Waals surface area contributed by atoms with Crippen LogP contribution in [0, 0.1) is 13.8 Å². The molecule has 1 fully saturated rings. The quantitative estimate of drug-likeness (QED) is 0.303. The van der Waals surface area contributed by atoms with Gasteiger partial charge in [-0.2, -0.15) is 0 Å². The first kappa shape index (κ1) is 23.1. The number of phenols is 1. The van der Waals surface area contributed by atoms with Gasteiger partial charge in [-0.25, -0.2) is 0 Å². The molecule has 6 nitrogen and oxygen atoms in total. The van der Waals surface area contributed by atoms with Gasteiger partial charge >= 0.3 is 0 Å². The second-order valence-corrected chi connectivity index (χ2v) is 8.75. The number of nitrogens with zero attached hydrogens (tertiary/aromatic N) is 1. The number of carbonyl (C=O) groups excluding carboxylic acids is 2. The van der Waals surface area contributed by atoms with Crippen LogP contribution in [-0.2, 0) is 9.59 Å². The van der Waals surface area contributed by atoms with E-state index < -0.39 is 17.7 Å². The summed E-state index contributed by atoms with van der Waals surface area (Å²) in [5.74, 6) is -1.16. The van der Waals surface area contributed by atoms with Crippen LogP contribution in [0.2, 0.25) is 0 Å². The highest BCUT2D eigenvalue weighted by Gasteiger charge is 2.47. The molecule has 1 aliphatic heterocycles. The topological polar surface area (TPSA) is 87.1 Å². The lowest BCUT2D eigenvalue weighted by Crippen LogP contribution is -2.30. The van der Waals surface area contributed by atoms with Crippen molar-refractivity contribution in [2.24, 2.45) is 0 Å². The Bertz CT molecular complexity index is 1290. The molecule has 4 rings (SSSR count). The van der Waals surface area contributed by atoms with Crippen molar-refractivity contribution in [3.8, 4) is 11.5 Å². The Morgan fingerprint density at radius 2 is 1.68 bits per heavy atom. The molecular weight excluding hydrogens is 430 g/mol. The van der Waals surface area contributed by atoms with Gasteiger partial charge in [0.25, 0.3) is 11.7 Å². The molecule has 0 bridgehead atoms. The first-order valence-corrected chi connectivity index (χ1v) is 11.1. The smallest absolute Gasteiger partial charge is 0.300 e. The molecule has 1 aliphatic rings. The van der Waals surface area contributed by atoms with Crippen LogP contribution in [0.15, 0.2) is 72.3 Å². The molecular formula is C28H27NO5. The van der Waals surface area contributed by atoms with Crippen LogP contribution >= 0.6 is 0 Å². The van der Waals surface area contributed by atoms with E-state index in [1.54, 1.807) is 36.4 Å². The van der Waals surface area contributed by atoms with Crippen LogP contribution < -0.4 is 9.64 Å². The Labute approximate surface area is 198 Å². The summed E-state index contributed by atoms with van der Waals surface area (Å²) in [6.45, 7) is 7.57. The van der Waals surface area contributed by atoms with Gasteiger partial charge < -0.3 is 14.9 Å². The van der Waals surface area contributed by atoms with Gasteiger partial charge in [-0.05, 0) is 74.7 Å². The van der Waals surface area contributed by atoms with Crippen LogP contribution in [0.1, 0.15) is 42.1 Å². The lowest BCUT2D eigenvalue weighted by Gasteiger charge is -2.27. The number of rotatable bonds is 5. The third-order valence-corrected chi connectivity index (χ3v) is 5.76. The summed E-state index contributed by atoms with van der Waals surface area (Å²) >= 11 is 0. The fourth-order valence-electron chi connectivity index (χ4n) is 4.18. The minimum Gasteiger partial charge on any atom is -0.508 e. The van der Waals surface area contributed by atoms with Crippen molar-refractivity contribution in [1.29, 1.82) is 0 Å². The molecule has 1 heterocycles. The van der Waals surface area contributed by atoms with E-state index in [0.717, 1.165) is 11.1 Å². The van der Waals surface area contributed by atoms with Gasteiger partial charge in [0.2, 0.25) is 0 Å². The van der Waals surface area contributed by atoms with E-state index in [0.29, 0.717) is 22.6 Å². The summed E-state index contributed by atoms with van der Waals surface area (Å²) in [7, 11) is 0. The second kappa shape index (κ2) is 9.06. The molecule has 0 saturated carbocycles. The first-order chi connectivity index (χ1) is 16.2. The monoisotopic (exact) mass is 457 g/mol. The summed E-state index contributed by atoms with van der Waals surface area (Å²) in [6.07, 6.45) is -0.0655. The lowest BCUT2D eigenvalue weighted by atomic mass is 9.94. The Hall–Kier alpha value is -4.06. The molecule has 0 radical (unpaired) electrons. The molecule has 6 heteroatoms. The molecule has 174 valence electrons. The highest BCUT2D eigenvalue weighted by atomic mass is 16.5. The molecule has 2 N–H and O–H groups in total. The van der Waals surface area contributed by atoms with E-state index in [9.17, 15) is 19.8 Å². The highest BCUT2D eigenvalue weighted by molar-refractivity contribution is 6.51. The van der Waals surface area contributed by atoms with E-state index >= 15 is 0 Å². The number of anilines is 1. The number of Topliss-reactive ketones (excluding diaryl/α,β-unsaturated/α-hetero) is 1. The molecule has 0 spiro atoms. The number of phenolic OH excluding ortho intramolecular Hbond substituents is 1. The number of ether oxygens (including phenoxy) is 1. The Balaban J connectivity index is 1.94. The maximum Gasteiger partial charge on any atom is 0.300 e. The van der Waals surface area contributed by atoms with E-state index in [2.05, 4.69) is 0 Å². The Kier molecular flexibility index (Phi) is 6.16. The molecule has 0 aromatic heterocycles. The van der Waals surface area contributed by atoms with Crippen molar-refractivity contribution >= 4 is 23.1 Å². The van der Waals surface area contributed by atoms with E-state index in [1.807, 2.05) is 45.9 Å². The minimum atomic E-state index is -0.865. The zero-order valence-corrected chi connectivity index (χ0v) is 19.6. The van der Waals surface area contributed by atoms with Crippen LogP contribution in [0.25, 0.3) is 5.76 Å². The zero-order valence-electron chi connectivity index (χ0n) is 19.6. The average Bonchev–Trinajstić information content (AvgIpc) is 3.05. The SMILES string of the molecule is Cc1ccc(C)c(N2C(=O)C(=O)/C(=C(/O)c3cccc(OC(C)C)c3)C2c2ccc(O)cc2)c1. The summed E-state index contributed by atoms with van der Waals surface area (Å²) in [4.78, 5) is 28.1. The number of aliphatic hydroxyl groups is 1. The summed E-state index contributed by atoms with van der Waals surface area (Å²) in [5, 5.41) is 21.1. The predicted molar refractivity (Wildman–Crippen MR) is 131 cm³/mol. The van der Waals surface area contributed by atoms with Gasteiger partial charge in [0.1, 0.15) is 17.3 Å². The second-order valence-electron chi connectivity index (χ2n) is 8.75. The molecule has 34 heavy (non-hydrogen) atoms. The molecule has 3 aromatic rings. The van der Waals surface area contributed by atoms with Gasteiger partial charge in [0, 0.05) is 11.3 Å². The third kappa shape index (κ3) is 4.27. The van der Waals surface area contributed by atoms with Crippen molar-refractivity contribution in [1.82, 2.24) is 0 Å². The maximum atomic E-state index is 13.3. The fourth-order valence-corrected chi connectivity index (χ4v) is 4.18. The van der Waals surface area contributed by atoms with Crippen molar-refractivity contribution in [3.63, 3.8) is 0 Å². The molecule has 1 unspecified atom stereocenters. The number of carbonyl (C=O) groups is 2. The zero-order chi connectivity index (χ0) is 24.6. The Morgan fingerprint density at radius 1 is 0.971 bits per heavy atom. The largest absolute Gasteiger partial charge is 0.508 e. The van der Waals surface area contributed by atoms with Crippen molar-refractivity contribution < 1.29 is 24.5 Å². The van der Waals surface area contributed by atoms with Crippen LogP contribution in [-0.4, -0.2) is 28.0 Å². The van der Waals surface area contributed by atoms with Gasteiger partial charge in [-0.1, -0.05) is 36.4 Å². The third-order valence-electron chi connectivity index (χ3n) is 5.76. The number of aromatic hydroxyl groups is 1. The van der Waals surface area contributed by atoms with Gasteiger partial charge in [0.05, 0.1) is 17.7 Å². The first-order valence-electron chi connectivity index (χ1n) is 11.1. The van der Waals surface area contributed by atoms with Gasteiger partial charge in [-0.15, -0.1) is 0 Å². The van der Waals surface area contributed by atoms with E-state index in [1.165, 1.54) is 17.0 Å².